The number of ether oxygens (including phenoxy) is 1. The lowest BCUT2D eigenvalue weighted by Crippen LogP contribution is -2.51. The summed E-state index contributed by atoms with van der Waals surface area (Å²) < 4.78 is 4.67. The van der Waals surface area contributed by atoms with Gasteiger partial charge in [0.1, 0.15) is 5.54 Å². The Morgan fingerprint density at radius 3 is 2.73 bits per heavy atom. The van der Waals surface area contributed by atoms with Gasteiger partial charge in [-0.3, -0.25) is 4.79 Å². The molecule has 3 N–H and O–H groups in total. The number of rotatable bonds is 5. The number of hydrogen-bond donors (Lipinski definition) is 2. The molecule has 0 aromatic heterocycles. The minimum atomic E-state index is -1.32. The molecule has 0 spiro atoms. The molecule has 0 bridgehead atoms. The smallest absolute Gasteiger partial charge is 0.326 e. The van der Waals surface area contributed by atoms with E-state index >= 15 is 0 Å². The standard InChI is InChI=1S/C7H13NO3/c1-3-4-7(8,5-11-2)6(9)10/h3H,1,4-5,8H2,2H3,(H,9,10)/t7-/m0/s1. The van der Waals surface area contributed by atoms with Gasteiger partial charge in [0.15, 0.2) is 0 Å². The van der Waals surface area contributed by atoms with E-state index in [0.717, 1.165) is 0 Å². The van der Waals surface area contributed by atoms with Gasteiger partial charge in [0, 0.05) is 7.11 Å². The van der Waals surface area contributed by atoms with E-state index < -0.39 is 11.5 Å². The number of aliphatic carboxylic acids is 1. The average Bonchev–Trinajstić information content (AvgIpc) is 1.88. The third kappa shape index (κ3) is 2.69. The Morgan fingerprint density at radius 1 is 1.91 bits per heavy atom. The van der Waals surface area contributed by atoms with Crippen molar-refractivity contribution in [3.63, 3.8) is 0 Å². The maximum absolute atomic E-state index is 10.5. The molecule has 0 saturated heterocycles. The Hall–Kier alpha value is -0.870. The fraction of sp³-hybridized carbons (Fsp3) is 0.571. The van der Waals surface area contributed by atoms with Crippen molar-refractivity contribution in [1.82, 2.24) is 0 Å². The summed E-state index contributed by atoms with van der Waals surface area (Å²) in [6.45, 7) is 3.41. The van der Waals surface area contributed by atoms with Gasteiger partial charge in [-0.25, -0.2) is 0 Å². The van der Waals surface area contributed by atoms with E-state index in [0.29, 0.717) is 0 Å². The zero-order valence-electron chi connectivity index (χ0n) is 6.54. The number of carboxylic acid groups (broad SMARTS) is 1. The Labute approximate surface area is 65.6 Å². The maximum Gasteiger partial charge on any atom is 0.326 e. The molecule has 4 nitrogen and oxygen atoms in total. The highest BCUT2D eigenvalue weighted by molar-refractivity contribution is 5.78. The summed E-state index contributed by atoms with van der Waals surface area (Å²) in [4.78, 5) is 10.5. The fourth-order valence-corrected chi connectivity index (χ4v) is 0.723. The molecule has 0 aliphatic heterocycles. The summed E-state index contributed by atoms with van der Waals surface area (Å²) in [6.07, 6.45) is 1.67. The van der Waals surface area contributed by atoms with Gasteiger partial charge in [-0.1, -0.05) is 6.08 Å². The lowest BCUT2D eigenvalue weighted by atomic mass is 9.98. The van der Waals surface area contributed by atoms with Gasteiger partial charge in [0.25, 0.3) is 0 Å². The van der Waals surface area contributed by atoms with Gasteiger partial charge in [0.05, 0.1) is 6.61 Å². The summed E-state index contributed by atoms with van der Waals surface area (Å²) in [5.74, 6) is -1.07. The first-order valence-electron chi connectivity index (χ1n) is 3.19. The van der Waals surface area contributed by atoms with Crippen molar-refractivity contribution in [3.05, 3.63) is 12.7 Å². The molecule has 0 fully saturated rings. The van der Waals surface area contributed by atoms with E-state index in [1.165, 1.54) is 13.2 Å². The van der Waals surface area contributed by atoms with E-state index in [1.807, 2.05) is 0 Å². The van der Waals surface area contributed by atoms with Crippen LogP contribution in [0.5, 0.6) is 0 Å². The Balaban J connectivity index is 4.24. The lowest BCUT2D eigenvalue weighted by molar-refractivity contribution is -0.145. The van der Waals surface area contributed by atoms with Gasteiger partial charge >= 0.3 is 5.97 Å². The van der Waals surface area contributed by atoms with Crippen molar-refractivity contribution >= 4 is 5.97 Å². The fourth-order valence-electron chi connectivity index (χ4n) is 0.723. The van der Waals surface area contributed by atoms with Crippen molar-refractivity contribution in [2.24, 2.45) is 5.73 Å². The third-order valence-electron chi connectivity index (χ3n) is 1.34. The van der Waals surface area contributed by atoms with Gasteiger partial charge in [-0.05, 0) is 6.42 Å². The summed E-state index contributed by atoms with van der Waals surface area (Å²) in [6, 6.07) is 0. The van der Waals surface area contributed by atoms with E-state index in [-0.39, 0.29) is 13.0 Å². The highest BCUT2D eigenvalue weighted by Crippen LogP contribution is 2.07. The minimum Gasteiger partial charge on any atom is -0.480 e. The van der Waals surface area contributed by atoms with Crippen LogP contribution < -0.4 is 5.73 Å². The zero-order chi connectivity index (χ0) is 8.91. The largest absolute Gasteiger partial charge is 0.480 e. The molecule has 64 valence electrons. The summed E-state index contributed by atoms with van der Waals surface area (Å²) in [5.41, 5.74) is 4.14. The van der Waals surface area contributed by atoms with Crippen LogP contribution in [0.2, 0.25) is 0 Å². The summed E-state index contributed by atoms with van der Waals surface area (Å²) in [5, 5.41) is 8.64. The Kier molecular flexibility index (Phi) is 3.78. The highest BCUT2D eigenvalue weighted by Gasteiger charge is 2.32. The van der Waals surface area contributed by atoms with Crippen LogP contribution in [0.1, 0.15) is 6.42 Å². The van der Waals surface area contributed by atoms with Crippen LogP contribution in [-0.2, 0) is 9.53 Å². The molecule has 4 heteroatoms. The van der Waals surface area contributed by atoms with Crippen LogP contribution in [0.4, 0.5) is 0 Å². The Bertz CT molecular complexity index is 158. The molecular formula is C7H13NO3. The first kappa shape index (κ1) is 10.1. The number of hydrogen-bond acceptors (Lipinski definition) is 3. The molecule has 0 aromatic rings. The molecule has 0 unspecified atom stereocenters. The van der Waals surface area contributed by atoms with E-state index in [2.05, 4.69) is 11.3 Å². The first-order chi connectivity index (χ1) is 5.06. The van der Waals surface area contributed by atoms with Crippen LogP contribution in [0.3, 0.4) is 0 Å². The Morgan fingerprint density at radius 2 is 2.45 bits per heavy atom. The number of carboxylic acids is 1. The number of methoxy groups -OCH3 is 1. The van der Waals surface area contributed by atoms with Crippen LogP contribution in [-0.4, -0.2) is 30.3 Å². The van der Waals surface area contributed by atoms with E-state index in [4.69, 9.17) is 10.8 Å². The van der Waals surface area contributed by atoms with E-state index in [9.17, 15) is 4.79 Å². The second kappa shape index (κ2) is 4.10. The predicted octanol–water partition coefficient (Wildman–Crippen LogP) is -0.00900. The van der Waals surface area contributed by atoms with E-state index in [1.54, 1.807) is 0 Å². The van der Waals surface area contributed by atoms with Crippen LogP contribution in [0.15, 0.2) is 12.7 Å². The molecule has 0 rings (SSSR count). The number of nitrogens with two attached hydrogens (primary N) is 1. The SMILES string of the molecule is C=CC[C@](N)(COC)C(=O)O. The van der Waals surface area contributed by atoms with Crippen molar-refractivity contribution in [2.75, 3.05) is 13.7 Å². The first-order valence-corrected chi connectivity index (χ1v) is 3.19. The molecule has 11 heavy (non-hydrogen) atoms. The monoisotopic (exact) mass is 159 g/mol. The zero-order valence-corrected chi connectivity index (χ0v) is 6.54. The lowest BCUT2D eigenvalue weighted by Gasteiger charge is -2.21. The molecule has 1 atom stereocenters. The van der Waals surface area contributed by atoms with Crippen molar-refractivity contribution in [3.8, 4) is 0 Å². The van der Waals surface area contributed by atoms with Crippen molar-refractivity contribution < 1.29 is 14.6 Å². The van der Waals surface area contributed by atoms with Gasteiger partial charge < -0.3 is 15.6 Å². The average molecular weight is 159 g/mol. The molecule has 0 aliphatic rings. The minimum absolute atomic E-state index is 0.00560. The molecule has 0 aliphatic carbocycles. The highest BCUT2D eigenvalue weighted by atomic mass is 16.5. The van der Waals surface area contributed by atoms with Crippen LogP contribution in [0, 0.1) is 0 Å². The van der Waals surface area contributed by atoms with Crippen LogP contribution in [0.25, 0.3) is 0 Å². The van der Waals surface area contributed by atoms with Crippen molar-refractivity contribution in [1.29, 1.82) is 0 Å². The predicted molar refractivity (Wildman–Crippen MR) is 41.2 cm³/mol. The van der Waals surface area contributed by atoms with Crippen LogP contribution >= 0.6 is 0 Å². The quantitative estimate of drug-likeness (QED) is 0.553. The van der Waals surface area contributed by atoms with Gasteiger partial charge in [-0.2, -0.15) is 0 Å². The molecule has 0 radical (unpaired) electrons. The van der Waals surface area contributed by atoms with Crippen molar-refractivity contribution in [2.45, 2.75) is 12.0 Å². The maximum atomic E-state index is 10.5. The molecular weight excluding hydrogens is 146 g/mol. The second-order valence-electron chi connectivity index (χ2n) is 2.39. The molecule has 0 heterocycles. The molecule has 0 aromatic carbocycles. The van der Waals surface area contributed by atoms with Gasteiger partial charge in [-0.15, -0.1) is 6.58 Å². The summed E-state index contributed by atoms with van der Waals surface area (Å²) in [7, 11) is 1.41. The normalized spacial score (nSPS) is 15.5. The topological polar surface area (TPSA) is 72.5 Å². The molecule has 0 amide bonds. The molecule has 0 saturated carbocycles. The number of carbonyl (C=O) groups is 1. The summed E-state index contributed by atoms with van der Waals surface area (Å²) >= 11 is 0. The van der Waals surface area contributed by atoms with Gasteiger partial charge in [0.2, 0.25) is 0 Å². The third-order valence-corrected chi connectivity index (χ3v) is 1.34. The second-order valence-corrected chi connectivity index (χ2v) is 2.39.